The number of nitrogens with zero attached hydrogens (tertiary/aromatic N) is 1. The van der Waals surface area contributed by atoms with Crippen LogP contribution in [0.5, 0.6) is 0 Å². The molecule has 2 heterocycles. The van der Waals surface area contributed by atoms with Gasteiger partial charge in [0.15, 0.2) is 5.41 Å². The van der Waals surface area contributed by atoms with E-state index >= 15 is 0 Å². The first kappa shape index (κ1) is 16.3. The van der Waals surface area contributed by atoms with Crippen molar-refractivity contribution >= 4 is 5.91 Å². The van der Waals surface area contributed by atoms with Crippen LogP contribution in [0.4, 0.5) is 13.2 Å². The predicted octanol–water partition coefficient (Wildman–Crippen LogP) is 2.73. The van der Waals surface area contributed by atoms with Crippen LogP contribution in [0.2, 0.25) is 0 Å². The van der Waals surface area contributed by atoms with Gasteiger partial charge in [0.2, 0.25) is 5.91 Å². The fourth-order valence-corrected chi connectivity index (χ4v) is 3.08. The second kappa shape index (κ2) is 5.30. The molecule has 1 fully saturated rings. The van der Waals surface area contributed by atoms with E-state index in [0.29, 0.717) is 13.0 Å². The molecule has 0 radical (unpaired) electrons. The highest BCUT2D eigenvalue weighted by atomic mass is 19.4. The molecule has 21 heavy (non-hydrogen) atoms. The third-order valence-electron chi connectivity index (χ3n) is 4.57. The first-order valence-corrected chi connectivity index (χ1v) is 7.34. The van der Waals surface area contributed by atoms with Crippen molar-refractivity contribution in [2.75, 3.05) is 26.2 Å². The van der Waals surface area contributed by atoms with Gasteiger partial charge in [-0.05, 0) is 24.8 Å². The number of nitrogens with one attached hydrogen (secondary N) is 1. The van der Waals surface area contributed by atoms with Gasteiger partial charge in [0, 0.05) is 19.6 Å². The molecule has 0 aromatic rings. The van der Waals surface area contributed by atoms with Gasteiger partial charge in [-0.25, -0.2) is 0 Å². The Morgan fingerprint density at radius 1 is 1.33 bits per heavy atom. The van der Waals surface area contributed by atoms with E-state index in [0.717, 1.165) is 0 Å². The molecule has 2 rings (SSSR count). The number of halogens is 3. The Morgan fingerprint density at radius 2 is 2.00 bits per heavy atom. The first-order valence-electron chi connectivity index (χ1n) is 7.34. The predicted molar refractivity (Wildman–Crippen MR) is 74.7 cm³/mol. The Kier molecular flexibility index (Phi) is 4.12. The molecule has 0 aromatic carbocycles. The molecule has 0 spiro atoms. The molecule has 120 valence electrons. The lowest BCUT2D eigenvalue weighted by Crippen LogP contribution is -2.54. The highest BCUT2D eigenvalue weighted by Gasteiger charge is 2.62. The van der Waals surface area contributed by atoms with E-state index in [-0.39, 0.29) is 31.5 Å². The summed E-state index contributed by atoms with van der Waals surface area (Å²) >= 11 is 0. The number of hydrogen-bond acceptors (Lipinski definition) is 2. The van der Waals surface area contributed by atoms with Gasteiger partial charge in [-0.15, -0.1) is 0 Å². The number of rotatable bonds is 1. The zero-order chi connectivity index (χ0) is 15.9. The third-order valence-corrected chi connectivity index (χ3v) is 4.57. The van der Waals surface area contributed by atoms with Gasteiger partial charge >= 0.3 is 6.18 Å². The Morgan fingerprint density at radius 3 is 2.38 bits per heavy atom. The monoisotopic (exact) mass is 304 g/mol. The Labute approximate surface area is 123 Å². The summed E-state index contributed by atoms with van der Waals surface area (Å²) in [6.45, 7) is 6.82. The molecule has 0 saturated carbocycles. The number of carbonyl (C=O) groups excluding carboxylic acids is 1. The van der Waals surface area contributed by atoms with Crippen LogP contribution in [0.3, 0.4) is 0 Å². The summed E-state index contributed by atoms with van der Waals surface area (Å²) in [6, 6.07) is 0. The highest BCUT2D eigenvalue weighted by molar-refractivity contribution is 5.84. The van der Waals surface area contributed by atoms with Gasteiger partial charge in [0.05, 0.1) is 0 Å². The molecule has 1 amide bonds. The van der Waals surface area contributed by atoms with Crippen LogP contribution in [0.1, 0.15) is 33.6 Å². The normalized spacial score (nSPS) is 27.7. The summed E-state index contributed by atoms with van der Waals surface area (Å²) in [4.78, 5) is 13.8. The van der Waals surface area contributed by atoms with Crippen molar-refractivity contribution in [2.24, 2.45) is 10.8 Å². The van der Waals surface area contributed by atoms with E-state index in [9.17, 15) is 18.0 Å². The van der Waals surface area contributed by atoms with Crippen molar-refractivity contribution in [3.05, 3.63) is 11.6 Å². The van der Waals surface area contributed by atoms with E-state index in [2.05, 4.69) is 26.1 Å². The van der Waals surface area contributed by atoms with E-state index in [4.69, 9.17) is 0 Å². The van der Waals surface area contributed by atoms with Gasteiger partial charge in [-0.3, -0.25) is 4.79 Å². The zero-order valence-electron chi connectivity index (χ0n) is 12.8. The summed E-state index contributed by atoms with van der Waals surface area (Å²) in [5.74, 6) is -0.774. The number of alkyl halides is 3. The van der Waals surface area contributed by atoms with Crippen molar-refractivity contribution in [1.29, 1.82) is 0 Å². The standard InChI is InChI=1S/C15H23F3N2O/c1-13(2,3)11-4-8-20(9-5-11)12(21)14(15(16,17)18)6-7-19-10-14/h4,19H,5-10H2,1-3H3. The van der Waals surface area contributed by atoms with Gasteiger partial charge < -0.3 is 10.2 Å². The van der Waals surface area contributed by atoms with E-state index in [1.807, 2.05) is 6.08 Å². The number of amides is 1. The minimum absolute atomic E-state index is 0.00572. The lowest BCUT2D eigenvalue weighted by atomic mass is 9.81. The van der Waals surface area contributed by atoms with Crippen molar-refractivity contribution in [3.63, 3.8) is 0 Å². The van der Waals surface area contributed by atoms with E-state index in [1.165, 1.54) is 10.5 Å². The summed E-state index contributed by atoms with van der Waals surface area (Å²) in [6.07, 6.45) is -2.10. The van der Waals surface area contributed by atoms with Crippen LogP contribution >= 0.6 is 0 Å². The highest BCUT2D eigenvalue weighted by Crippen LogP contribution is 2.45. The molecule has 0 bridgehead atoms. The summed E-state index contributed by atoms with van der Waals surface area (Å²) in [7, 11) is 0. The van der Waals surface area contributed by atoms with Crippen molar-refractivity contribution in [3.8, 4) is 0 Å². The summed E-state index contributed by atoms with van der Waals surface area (Å²) < 4.78 is 40.2. The molecule has 1 atom stereocenters. The fourth-order valence-electron chi connectivity index (χ4n) is 3.08. The maximum Gasteiger partial charge on any atom is 0.404 e. The topological polar surface area (TPSA) is 32.3 Å². The molecule has 3 nitrogen and oxygen atoms in total. The van der Waals surface area contributed by atoms with Crippen LogP contribution < -0.4 is 5.32 Å². The number of carbonyl (C=O) groups is 1. The molecule has 2 aliphatic heterocycles. The van der Waals surface area contributed by atoms with Crippen LogP contribution in [0, 0.1) is 10.8 Å². The summed E-state index contributed by atoms with van der Waals surface area (Å²) in [5, 5.41) is 2.69. The molecular weight excluding hydrogens is 281 g/mol. The maximum atomic E-state index is 13.4. The average molecular weight is 304 g/mol. The molecule has 6 heteroatoms. The van der Waals surface area contributed by atoms with Gasteiger partial charge in [-0.2, -0.15) is 13.2 Å². The smallest absolute Gasteiger partial charge is 0.338 e. The third kappa shape index (κ3) is 2.96. The van der Waals surface area contributed by atoms with Crippen LogP contribution in [0.15, 0.2) is 11.6 Å². The summed E-state index contributed by atoms with van der Waals surface area (Å²) in [5.41, 5.74) is -1.02. The van der Waals surface area contributed by atoms with Crippen molar-refractivity contribution in [1.82, 2.24) is 10.2 Å². The molecule has 0 aromatic heterocycles. The quantitative estimate of drug-likeness (QED) is 0.756. The van der Waals surface area contributed by atoms with Gasteiger partial charge in [-0.1, -0.05) is 32.4 Å². The number of hydrogen-bond donors (Lipinski definition) is 1. The molecule has 1 N–H and O–H groups in total. The first-order chi connectivity index (χ1) is 9.58. The lowest BCUT2D eigenvalue weighted by Gasteiger charge is -2.38. The lowest BCUT2D eigenvalue weighted by molar-refractivity contribution is -0.221. The molecule has 1 saturated heterocycles. The van der Waals surface area contributed by atoms with Gasteiger partial charge in [0.1, 0.15) is 0 Å². The Bertz CT molecular complexity index is 443. The van der Waals surface area contributed by atoms with E-state index < -0.39 is 17.5 Å². The zero-order valence-corrected chi connectivity index (χ0v) is 12.8. The SMILES string of the molecule is CC(C)(C)C1=CCN(C(=O)C2(C(F)(F)F)CCNC2)CC1. The van der Waals surface area contributed by atoms with Gasteiger partial charge in [0.25, 0.3) is 0 Å². The molecule has 0 aliphatic carbocycles. The van der Waals surface area contributed by atoms with Crippen LogP contribution in [-0.2, 0) is 4.79 Å². The minimum Gasteiger partial charge on any atom is -0.338 e. The second-order valence-electron chi connectivity index (χ2n) is 6.99. The van der Waals surface area contributed by atoms with Crippen LogP contribution in [0.25, 0.3) is 0 Å². The maximum absolute atomic E-state index is 13.4. The Balaban J connectivity index is 2.16. The molecule has 1 unspecified atom stereocenters. The largest absolute Gasteiger partial charge is 0.404 e. The molecular formula is C15H23F3N2O. The van der Waals surface area contributed by atoms with E-state index in [1.54, 1.807) is 0 Å². The van der Waals surface area contributed by atoms with Crippen molar-refractivity contribution in [2.45, 2.75) is 39.8 Å². The Hall–Kier alpha value is -1.04. The van der Waals surface area contributed by atoms with Crippen LogP contribution in [-0.4, -0.2) is 43.2 Å². The molecule has 2 aliphatic rings. The fraction of sp³-hybridized carbons (Fsp3) is 0.800. The average Bonchev–Trinajstić information content (AvgIpc) is 2.87. The second-order valence-corrected chi connectivity index (χ2v) is 6.99. The minimum atomic E-state index is -4.50. The van der Waals surface area contributed by atoms with Crippen molar-refractivity contribution < 1.29 is 18.0 Å².